The first-order valence-corrected chi connectivity index (χ1v) is 11.3. The summed E-state index contributed by atoms with van der Waals surface area (Å²) < 4.78 is 0. The fourth-order valence-electron chi connectivity index (χ4n) is 3.99. The summed E-state index contributed by atoms with van der Waals surface area (Å²) in [5, 5.41) is 42.7. The minimum Gasteiger partial charge on any atom is -0.478 e. The topological polar surface area (TPSA) is 207 Å². The summed E-state index contributed by atoms with van der Waals surface area (Å²) >= 11 is 0. The number of nitrogens with one attached hydrogen (secondary N) is 2. The smallest absolute Gasteiger partial charge is 0.335 e. The normalized spacial score (nSPS) is 10.5. The molecule has 0 bridgehead atoms. The van der Waals surface area contributed by atoms with Gasteiger partial charge in [-0.2, -0.15) is 0 Å². The lowest BCUT2D eigenvalue weighted by molar-refractivity contribution is 0.0676. The van der Waals surface area contributed by atoms with Crippen LogP contribution in [0.25, 0.3) is 10.8 Å². The minimum absolute atomic E-state index is 0.0688. The number of fused-ring (bicyclic) bond motifs is 1. The third-order valence-corrected chi connectivity index (χ3v) is 5.78. The molecule has 0 unspecified atom stereocenters. The second-order valence-corrected chi connectivity index (χ2v) is 8.43. The number of hydrogen-bond acceptors (Lipinski definition) is 6. The summed E-state index contributed by atoms with van der Waals surface area (Å²) in [5.41, 5.74) is -1.33. The summed E-state index contributed by atoms with van der Waals surface area (Å²) in [6.07, 6.45) is 0. The molecule has 0 heterocycles. The first kappa shape index (κ1) is 27.0. The highest BCUT2D eigenvalue weighted by atomic mass is 16.4. The first-order valence-electron chi connectivity index (χ1n) is 11.3. The second kappa shape index (κ2) is 10.8. The number of carboxylic acid groups (broad SMARTS) is 4. The van der Waals surface area contributed by atoms with Gasteiger partial charge in [-0.05, 0) is 59.3 Å². The Morgan fingerprint density at radius 1 is 0.450 bits per heavy atom. The molecule has 0 saturated carbocycles. The predicted molar refractivity (Wildman–Crippen MR) is 141 cm³/mol. The Morgan fingerprint density at radius 3 is 1.02 bits per heavy atom. The number of amides is 2. The number of aromatic carboxylic acids is 4. The van der Waals surface area contributed by atoms with Gasteiger partial charge < -0.3 is 31.1 Å². The lowest BCUT2D eigenvalue weighted by Gasteiger charge is -2.13. The number of rotatable bonds is 8. The van der Waals surface area contributed by atoms with Gasteiger partial charge in [0.2, 0.25) is 0 Å². The van der Waals surface area contributed by atoms with Crippen molar-refractivity contribution in [3.8, 4) is 0 Å². The van der Waals surface area contributed by atoms with Crippen molar-refractivity contribution in [2.75, 3.05) is 10.6 Å². The minimum atomic E-state index is -1.39. The van der Waals surface area contributed by atoms with E-state index >= 15 is 0 Å². The van der Waals surface area contributed by atoms with Gasteiger partial charge in [0.05, 0.1) is 22.3 Å². The number of benzene rings is 4. The molecule has 4 rings (SSSR count). The highest BCUT2D eigenvalue weighted by molar-refractivity contribution is 6.19. The fourth-order valence-corrected chi connectivity index (χ4v) is 3.99. The van der Waals surface area contributed by atoms with Crippen molar-refractivity contribution >= 4 is 57.8 Å². The highest BCUT2D eigenvalue weighted by Gasteiger charge is 2.19. The molecular weight excluding hydrogens is 524 g/mol. The van der Waals surface area contributed by atoms with Crippen molar-refractivity contribution in [1.82, 2.24) is 0 Å². The maximum atomic E-state index is 13.1. The van der Waals surface area contributed by atoms with Gasteiger partial charge in [0, 0.05) is 22.5 Å². The monoisotopic (exact) mass is 542 g/mol. The second-order valence-electron chi connectivity index (χ2n) is 8.43. The van der Waals surface area contributed by atoms with E-state index in [0.717, 1.165) is 36.4 Å². The SMILES string of the molecule is O=C(O)c1cc(NC(=O)c2ccc(C(=O)Nc3cc(C(=O)O)cc(C(=O)O)c3)c3ccccc23)cc(C(=O)O)c1. The molecule has 0 atom stereocenters. The van der Waals surface area contributed by atoms with Crippen LogP contribution in [0, 0.1) is 0 Å². The Labute approximate surface area is 224 Å². The van der Waals surface area contributed by atoms with E-state index in [4.69, 9.17) is 0 Å². The molecular formula is C28H18N2O10. The van der Waals surface area contributed by atoms with E-state index in [-0.39, 0.29) is 44.8 Å². The standard InChI is InChI=1S/C28H18N2O10/c31-23(29-17-9-13(25(33)34)7-14(10-17)26(35)36)21-5-6-22(20-4-2-1-3-19(20)21)24(32)30-18-11-15(27(37)38)8-16(12-18)28(39)40/h1-12H,(H,29,31)(H,30,32)(H,33,34)(H,35,36)(H,37,38)(H,39,40). The van der Waals surface area contributed by atoms with E-state index in [2.05, 4.69) is 10.6 Å². The molecule has 12 heteroatoms. The van der Waals surface area contributed by atoms with Crippen LogP contribution in [0.5, 0.6) is 0 Å². The zero-order valence-electron chi connectivity index (χ0n) is 20.2. The Hall–Kier alpha value is -6.04. The van der Waals surface area contributed by atoms with Gasteiger partial charge in [-0.3, -0.25) is 9.59 Å². The van der Waals surface area contributed by atoms with Crippen LogP contribution in [0.1, 0.15) is 62.1 Å². The number of carbonyl (C=O) groups excluding carboxylic acids is 2. The molecule has 0 aromatic heterocycles. The largest absolute Gasteiger partial charge is 0.478 e. The van der Waals surface area contributed by atoms with Gasteiger partial charge in [0.15, 0.2) is 0 Å². The zero-order valence-corrected chi connectivity index (χ0v) is 20.2. The molecule has 4 aromatic carbocycles. The van der Waals surface area contributed by atoms with E-state index in [1.165, 1.54) is 12.1 Å². The number of anilines is 2. The van der Waals surface area contributed by atoms with Crippen LogP contribution in [-0.2, 0) is 0 Å². The summed E-state index contributed by atoms with van der Waals surface area (Å²) in [7, 11) is 0. The first-order chi connectivity index (χ1) is 18.9. The molecule has 2 amide bonds. The average Bonchev–Trinajstić information content (AvgIpc) is 2.91. The van der Waals surface area contributed by atoms with Crippen molar-refractivity contribution in [3.05, 3.63) is 106 Å². The number of carboxylic acids is 4. The van der Waals surface area contributed by atoms with E-state index in [1.54, 1.807) is 24.3 Å². The quantitative estimate of drug-likeness (QED) is 0.187. The zero-order chi connectivity index (χ0) is 29.1. The third kappa shape index (κ3) is 5.60. The van der Waals surface area contributed by atoms with E-state index in [9.17, 15) is 49.2 Å². The van der Waals surface area contributed by atoms with Gasteiger partial charge in [0.1, 0.15) is 0 Å². The maximum absolute atomic E-state index is 13.1. The molecule has 0 aliphatic heterocycles. The molecule has 200 valence electrons. The third-order valence-electron chi connectivity index (χ3n) is 5.78. The van der Waals surface area contributed by atoms with E-state index in [0.29, 0.717) is 10.8 Å². The molecule has 0 radical (unpaired) electrons. The van der Waals surface area contributed by atoms with Gasteiger partial charge in [-0.25, -0.2) is 19.2 Å². The van der Waals surface area contributed by atoms with Crippen LogP contribution >= 0.6 is 0 Å². The van der Waals surface area contributed by atoms with Crippen molar-refractivity contribution in [1.29, 1.82) is 0 Å². The Kier molecular flexibility index (Phi) is 7.26. The van der Waals surface area contributed by atoms with Gasteiger partial charge in [-0.15, -0.1) is 0 Å². The molecule has 0 spiro atoms. The van der Waals surface area contributed by atoms with Gasteiger partial charge in [-0.1, -0.05) is 24.3 Å². The van der Waals surface area contributed by atoms with Crippen molar-refractivity contribution in [3.63, 3.8) is 0 Å². The van der Waals surface area contributed by atoms with Crippen molar-refractivity contribution in [2.45, 2.75) is 0 Å². The number of hydrogen-bond donors (Lipinski definition) is 6. The Morgan fingerprint density at radius 2 is 0.750 bits per heavy atom. The Balaban J connectivity index is 1.69. The predicted octanol–water partition coefficient (Wildman–Crippen LogP) is 4.14. The van der Waals surface area contributed by atoms with Gasteiger partial charge >= 0.3 is 23.9 Å². The van der Waals surface area contributed by atoms with Crippen LogP contribution in [0.4, 0.5) is 11.4 Å². The molecule has 4 aromatic rings. The summed E-state index contributed by atoms with van der Waals surface area (Å²) in [6.45, 7) is 0. The highest BCUT2D eigenvalue weighted by Crippen LogP contribution is 2.26. The van der Waals surface area contributed by atoms with Crippen LogP contribution in [0.15, 0.2) is 72.8 Å². The molecule has 0 saturated heterocycles. The summed E-state index contributed by atoms with van der Waals surface area (Å²) in [5.74, 6) is -6.95. The summed E-state index contributed by atoms with van der Waals surface area (Å²) in [4.78, 5) is 71.9. The number of carbonyl (C=O) groups is 6. The van der Waals surface area contributed by atoms with Gasteiger partial charge in [0.25, 0.3) is 11.8 Å². The van der Waals surface area contributed by atoms with Crippen LogP contribution in [0.2, 0.25) is 0 Å². The van der Waals surface area contributed by atoms with E-state index in [1.807, 2.05) is 0 Å². The molecule has 0 aliphatic carbocycles. The van der Waals surface area contributed by atoms with Crippen molar-refractivity contribution < 1.29 is 49.2 Å². The fraction of sp³-hybridized carbons (Fsp3) is 0. The Bertz CT molecular complexity index is 1570. The lowest BCUT2D eigenvalue weighted by atomic mass is 9.98. The molecule has 12 nitrogen and oxygen atoms in total. The van der Waals surface area contributed by atoms with Crippen LogP contribution in [0.3, 0.4) is 0 Å². The molecule has 6 N–H and O–H groups in total. The molecule has 40 heavy (non-hydrogen) atoms. The lowest BCUT2D eigenvalue weighted by Crippen LogP contribution is -2.17. The van der Waals surface area contributed by atoms with Crippen LogP contribution < -0.4 is 10.6 Å². The maximum Gasteiger partial charge on any atom is 0.335 e. The average molecular weight is 542 g/mol. The molecule has 0 aliphatic rings. The van der Waals surface area contributed by atoms with Crippen molar-refractivity contribution in [2.24, 2.45) is 0 Å². The van der Waals surface area contributed by atoms with E-state index < -0.39 is 35.7 Å². The molecule has 0 fully saturated rings. The van der Waals surface area contributed by atoms with Crippen LogP contribution in [-0.4, -0.2) is 56.1 Å². The summed E-state index contributed by atoms with van der Waals surface area (Å²) in [6, 6.07) is 15.3.